The molecule has 106 valence electrons. The van der Waals surface area contributed by atoms with Crippen LogP contribution in [-0.2, 0) is 4.79 Å². The van der Waals surface area contributed by atoms with Crippen LogP contribution in [-0.4, -0.2) is 46.3 Å². The normalized spacial score (nSPS) is 15.4. The Kier molecular flexibility index (Phi) is 4.14. The first kappa shape index (κ1) is 14.2. The van der Waals surface area contributed by atoms with Crippen LogP contribution in [0.2, 0.25) is 5.15 Å². The number of hydrogen-bond acceptors (Lipinski definition) is 5. The summed E-state index contributed by atoms with van der Waals surface area (Å²) >= 11 is 5.69. The standard InChI is InChI=1S/C11H11ClN4O4/c12-9-5-7(8(6-14-9)16(19)20)11(18)15-3-1-10(17)13-2-4-15/h5-6H,1-4H2,(H,13,17). The highest BCUT2D eigenvalue weighted by Gasteiger charge is 2.27. The van der Waals surface area contributed by atoms with E-state index in [1.807, 2.05) is 0 Å². The van der Waals surface area contributed by atoms with Gasteiger partial charge in [-0.1, -0.05) is 11.6 Å². The van der Waals surface area contributed by atoms with Crippen LogP contribution < -0.4 is 5.32 Å². The Morgan fingerprint density at radius 3 is 2.95 bits per heavy atom. The van der Waals surface area contributed by atoms with Crippen molar-refractivity contribution in [2.24, 2.45) is 0 Å². The number of nitrogens with one attached hydrogen (secondary N) is 1. The SMILES string of the molecule is O=C1CCN(C(=O)c2cc(Cl)ncc2[N+](=O)[O-])CCN1. The third-order valence-corrected chi connectivity index (χ3v) is 3.08. The van der Waals surface area contributed by atoms with Crippen molar-refractivity contribution < 1.29 is 14.5 Å². The van der Waals surface area contributed by atoms with Crippen LogP contribution in [0.1, 0.15) is 16.8 Å². The molecule has 0 aliphatic carbocycles. The average Bonchev–Trinajstić information content (AvgIpc) is 2.62. The summed E-state index contributed by atoms with van der Waals surface area (Å²) < 4.78 is 0. The van der Waals surface area contributed by atoms with Crippen LogP contribution in [0.5, 0.6) is 0 Å². The summed E-state index contributed by atoms with van der Waals surface area (Å²) in [6, 6.07) is 1.17. The van der Waals surface area contributed by atoms with Crippen molar-refractivity contribution in [2.75, 3.05) is 19.6 Å². The van der Waals surface area contributed by atoms with Crippen LogP contribution >= 0.6 is 11.6 Å². The molecule has 8 nitrogen and oxygen atoms in total. The number of nitro groups is 1. The van der Waals surface area contributed by atoms with Gasteiger partial charge < -0.3 is 10.2 Å². The molecule has 0 aromatic carbocycles. The van der Waals surface area contributed by atoms with Crippen molar-refractivity contribution in [3.05, 3.63) is 33.1 Å². The van der Waals surface area contributed by atoms with Gasteiger partial charge in [0.1, 0.15) is 16.9 Å². The first-order valence-corrected chi connectivity index (χ1v) is 6.22. The molecule has 1 aromatic heterocycles. The maximum absolute atomic E-state index is 12.3. The summed E-state index contributed by atoms with van der Waals surface area (Å²) in [5.41, 5.74) is -0.521. The Morgan fingerprint density at radius 2 is 2.25 bits per heavy atom. The molecule has 2 amide bonds. The second-order valence-corrected chi connectivity index (χ2v) is 4.56. The summed E-state index contributed by atoms with van der Waals surface area (Å²) in [7, 11) is 0. The fourth-order valence-electron chi connectivity index (χ4n) is 1.88. The minimum Gasteiger partial charge on any atom is -0.354 e. The second kappa shape index (κ2) is 5.83. The minimum atomic E-state index is -0.683. The van der Waals surface area contributed by atoms with E-state index in [0.29, 0.717) is 13.1 Å². The highest BCUT2D eigenvalue weighted by Crippen LogP contribution is 2.22. The lowest BCUT2D eigenvalue weighted by Gasteiger charge is -2.19. The molecule has 9 heteroatoms. The van der Waals surface area contributed by atoms with Crippen molar-refractivity contribution in [1.82, 2.24) is 15.2 Å². The van der Waals surface area contributed by atoms with Crippen molar-refractivity contribution in [3.63, 3.8) is 0 Å². The van der Waals surface area contributed by atoms with Gasteiger partial charge in [0, 0.05) is 26.1 Å². The van der Waals surface area contributed by atoms with Gasteiger partial charge in [-0.05, 0) is 6.07 Å². The molecule has 20 heavy (non-hydrogen) atoms. The highest BCUT2D eigenvalue weighted by atomic mass is 35.5. The van der Waals surface area contributed by atoms with Crippen molar-refractivity contribution in [3.8, 4) is 0 Å². The molecule has 0 radical (unpaired) electrons. The van der Waals surface area contributed by atoms with Crippen LogP contribution in [0.4, 0.5) is 5.69 Å². The van der Waals surface area contributed by atoms with Crippen LogP contribution in [0.25, 0.3) is 0 Å². The molecule has 0 spiro atoms. The summed E-state index contributed by atoms with van der Waals surface area (Å²) in [5.74, 6) is -0.680. The number of rotatable bonds is 2. The van der Waals surface area contributed by atoms with Gasteiger partial charge in [0.25, 0.3) is 11.6 Å². The molecule has 1 N–H and O–H groups in total. The van der Waals surface area contributed by atoms with Crippen LogP contribution in [0, 0.1) is 10.1 Å². The largest absolute Gasteiger partial charge is 0.354 e. The van der Waals surface area contributed by atoms with Gasteiger partial charge in [-0.15, -0.1) is 0 Å². The molecule has 1 fully saturated rings. The van der Waals surface area contributed by atoms with Gasteiger partial charge in [-0.3, -0.25) is 19.7 Å². The van der Waals surface area contributed by atoms with Gasteiger partial charge >= 0.3 is 0 Å². The zero-order chi connectivity index (χ0) is 14.7. The number of nitrogens with zero attached hydrogens (tertiary/aromatic N) is 3. The van der Waals surface area contributed by atoms with Crippen molar-refractivity contribution in [2.45, 2.75) is 6.42 Å². The quantitative estimate of drug-likeness (QED) is 0.489. The van der Waals surface area contributed by atoms with Gasteiger partial charge in [0.05, 0.1) is 4.92 Å². The van der Waals surface area contributed by atoms with E-state index in [1.54, 1.807) is 0 Å². The molecule has 1 aromatic rings. The van der Waals surface area contributed by atoms with E-state index in [4.69, 9.17) is 11.6 Å². The van der Waals surface area contributed by atoms with Gasteiger partial charge in [0.2, 0.25) is 5.91 Å². The fraction of sp³-hybridized carbons (Fsp3) is 0.364. The summed E-state index contributed by atoms with van der Waals surface area (Å²) in [5, 5.41) is 13.6. The Labute approximate surface area is 118 Å². The van der Waals surface area contributed by atoms with E-state index in [9.17, 15) is 19.7 Å². The molecule has 1 aliphatic rings. The van der Waals surface area contributed by atoms with E-state index in [-0.39, 0.29) is 29.6 Å². The Morgan fingerprint density at radius 1 is 1.50 bits per heavy atom. The lowest BCUT2D eigenvalue weighted by molar-refractivity contribution is -0.385. The van der Waals surface area contributed by atoms with E-state index in [1.165, 1.54) is 11.0 Å². The highest BCUT2D eigenvalue weighted by molar-refractivity contribution is 6.29. The summed E-state index contributed by atoms with van der Waals surface area (Å²) in [6.07, 6.45) is 1.12. The summed E-state index contributed by atoms with van der Waals surface area (Å²) in [4.78, 5) is 38.8. The topological polar surface area (TPSA) is 105 Å². The zero-order valence-electron chi connectivity index (χ0n) is 10.3. The predicted octanol–water partition coefficient (Wildman–Crippen LogP) is 0.605. The maximum atomic E-state index is 12.3. The molecule has 0 atom stereocenters. The van der Waals surface area contributed by atoms with E-state index in [2.05, 4.69) is 10.3 Å². The number of amides is 2. The molecule has 2 rings (SSSR count). The molecular formula is C11H11ClN4O4. The smallest absolute Gasteiger partial charge is 0.300 e. The van der Waals surface area contributed by atoms with E-state index in [0.717, 1.165) is 6.20 Å². The number of pyridine rings is 1. The van der Waals surface area contributed by atoms with Gasteiger partial charge in [-0.2, -0.15) is 0 Å². The summed E-state index contributed by atoms with van der Waals surface area (Å²) in [6.45, 7) is 0.820. The first-order valence-electron chi connectivity index (χ1n) is 5.85. The van der Waals surface area contributed by atoms with Crippen molar-refractivity contribution >= 4 is 29.1 Å². The molecular weight excluding hydrogens is 288 g/mol. The molecule has 2 heterocycles. The van der Waals surface area contributed by atoms with Crippen molar-refractivity contribution in [1.29, 1.82) is 0 Å². The van der Waals surface area contributed by atoms with E-state index >= 15 is 0 Å². The average molecular weight is 299 g/mol. The fourth-order valence-corrected chi connectivity index (χ4v) is 2.04. The predicted molar refractivity (Wildman–Crippen MR) is 69.4 cm³/mol. The molecule has 1 saturated heterocycles. The number of carbonyl (C=O) groups is 2. The lowest BCUT2D eigenvalue weighted by Crippen LogP contribution is -2.34. The third-order valence-electron chi connectivity index (χ3n) is 2.88. The van der Waals surface area contributed by atoms with Crippen LogP contribution in [0.3, 0.4) is 0 Å². The molecule has 0 unspecified atom stereocenters. The molecule has 0 bridgehead atoms. The molecule has 1 aliphatic heterocycles. The minimum absolute atomic E-state index is 0.00275. The van der Waals surface area contributed by atoms with Gasteiger partial charge in [0.15, 0.2) is 0 Å². The Hall–Kier alpha value is -2.22. The second-order valence-electron chi connectivity index (χ2n) is 4.17. The Bertz CT molecular complexity index is 578. The third kappa shape index (κ3) is 3.02. The monoisotopic (exact) mass is 298 g/mol. The number of aromatic nitrogens is 1. The van der Waals surface area contributed by atoms with Gasteiger partial charge in [-0.25, -0.2) is 4.98 Å². The van der Waals surface area contributed by atoms with Crippen LogP contribution in [0.15, 0.2) is 12.3 Å². The number of hydrogen-bond donors (Lipinski definition) is 1. The maximum Gasteiger partial charge on any atom is 0.300 e. The zero-order valence-corrected chi connectivity index (χ0v) is 11.1. The molecule has 0 saturated carbocycles. The number of halogens is 1. The number of carbonyl (C=O) groups excluding carboxylic acids is 2. The first-order chi connectivity index (χ1) is 9.49. The Balaban J connectivity index is 2.30. The van der Waals surface area contributed by atoms with E-state index < -0.39 is 16.5 Å². The lowest BCUT2D eigenvalue weighted by atomic mass is 10.2.